The van der Waals surface area contributed by atoms with Crippen LogP contribution in [-0.4, -0.2) is 30.4 Å². The first-order valence-electron chi connectivity index (χ1n) is 7.68. The van der Waals surface area contributed by atoms with Crippen LogP contribution in [0, 0.1) is 0 Å². The summed E-state index contributed by atoms with van der Waals surface area (Å²) in [5.41, 5.74) is 0.923. The molecule has 0 saturated heterocycles. The molecule has 0 unspecified atom stereocenters. The fourth-order valence-electron chi connectivity index (χ4n) is 2.79. The van der Waals surface area contributed by atoms with Crippen molar-refractivity contribution in [3.8, 4) is 11.5 Å². The summed E-state index contributed by atoms with van der Waals surface area (Å²) < 4.78 is 7.65. The van der Waals surface area contributed by atoms with E-state index in [2.05, 4.69) is 25.7 Å². The van der Waals surface area contributed by atoms with Crippen LogP contribution in [-0.2, 0) is 5.75 Å². The van der Waals surface area contributed by atoms with Crippen LogP contribution in [0.15, 0.2) is 39.9 Å². The van der Waals surface area contributed by atoms with Gasteiger partial charge in [-0.25, -0.2) is 4.68 Å². The zero-order chi connectivity index (χ0) is 15.5. The normalized spacial score (nSPS) is 15.3. The van der Waals surface area contributed by atoms with Crippen molar-refractivity contribution in [1.82, 2.24) is 30.4 Å². The molecule has 23 heavy (non-hydrogen) atoms. The maximum atomic E-state index is 5.71. The lowest BCUT2D eigenvalue weighted by molar-refractivity contribution is 0.422. The smallest absolute Gasteiger partial charge is 0.247 e. The van der Waals surface area contributed by atoms with Gasteiger partial charge in [0.2, 0.25) is 16.9 Å². The SMILES string of the molecule is c1ccc(-c2nnc(CSc3nnnn3C3CCCC3)o2)cc1. The molecule has 0 atom stereocenters. The van der Waals surface area contributed by atoms with Gasteiger partial charge >= 0.3 is 0 Å². The zero-order valence-electron chi connectivity index (χ0n) is 12.5. The highest BCUT2D eigenvalue weighted by Gasteiger charge is 2.22. The molecule has 7 nitrogen and oxygen atoms in total. The first kappa shape index (κ1) is 14.4. The molecule has 118 valence electrons. The Morgan fingerprint density at radius 3 is 2.74 bits per heavy atom. The van der Waals surface area contributed by atoms with Gasteiger partial charge in [-0.15, -0.1) is 15.3 Å². The minimum Gasteiger partial charge on any atom is -0.420 e. The van der Waals surface area contributed by atoms with Gasteiger partial charge in [0.1, 0.15) is 0 Å². The zero-order valence-corrected chi connectivity index (χ0v) is 13.3. The molecule has 0 spiro atoms. The summed E-state index contributed by atoms with van der Waals surface area (Å²) in [5, 5.41) is 21.1. The van der Waals surface area contributed by atoms with Crippen LogP contribution in [0.3, 0.4) is 0 Å². The van der Waals surface area contributed by atoms with Gasteiger partial charge in [0.25, 0.3) is 0 Å². The van der Waals surface area contributed by atoms with E-state index in [1.54, 1.807) is 0 Å². The third-order valence-corrected chi connectivity index (χ3v) is 4.86. The van der Waals surface area contributed by atoms with E-state index in [4.69, 9.17) is 4.42 Å². The molecule has 3 aromatic rings. The molecule has 0 amide bonds. The molecular formula is C15H16N6OS. The summed E-state index contributed by atoms with van der Waals surface area (Å²) in [6, 6.07) is 10.2. The third kappa shape index (κ3) is 3.12. The van der Waals surface area contributed by atoms with Gasteiger partial charge in [-0.2, -0.15) is 0 Å². The summed E-state index contributed by atoms with van der Waals surface area (Å²) in [4.78, 5) is 0. The Balaban J connectivity index is 1.44. The molecule has 2 aromatic heterocycles. The van der Waals surface area contributed by atoms with Crippen LogP contribution >= 0.6 is 11.8 Å². The van der Waals surface area contributed by atoms with Gasteiger partial charge in [-0.3, -0.25) is 0 Å². The molecule has 0 aliphatic heterocycles. The van der Waals surface area contributed by atoms with Crippen molar-refractivity contribution in [2.24, 2.45) is 0 Å². The van der Waals surface area contributed by atoms with Crippen molar-refractivity contribution in [3.05, 3.63) is 36.2 Å². The largest absolute Gasteiger partial charge is 0.420 e. The monoisotopic (exact) mass is 328 g/mol. The first-order valence-corrected chi connectivity index (χ1v) is 8.67. The van der Waals surface area contributed by atoms with Gasteiger partial charge in [0, 0.05) is 5.56 Å². The molecule has 1 aliphatic rings. The molecule has 1 fully saturated rings. The Morgan fingerprint density at radius 1 is 1.09 bits per heavy atom. The lowest BCUT2D eigenvalue weighted by atomic mass is 10.2. The van der Waals surface area contributed by atoms with E-state index in [0.717, 1.165) is 23.6 Å². The van der Waals surface area contributed by atoms with Gasteiger partial charge in [0.15, 0.2) is 0 Å². The van der Waals surface area contributed by atoms with Crippen molar-refractivity contribution in [3.63, 3.8) is 0 Å². The van der Waals surface area contributed by atoms with E-state index >= 15 is 0 Å². The van der Waals surface area contributed by atoms with Crippen molar-refractivity contribution < 1.29 is 4.42 Å². The summed E-state index contributed by atoms with van der Waals surface area (Å²) >= 11 is 1.53. The summed E-state index contributed by atoms with van der Waals surface area (Å²) in [5.74, 6) is 1.68. The number of aromatic nitrogens is 6. The highest BCUT2D eigenvalue weighted by molar-refractivity contribution is 7.98. The highest BCUT2D eigenvalue weighted by atomic mass is 32.2. The molecule has 4 rings (SSSR count). The molecule has 0 radical (unpaired) electrons. The van der Waals surface area contributed by atoms with Crippen molar-refractivity contribution >= 4 is 11.8 Å². The minimum absolute atomic E-state index is 0.426. The summed E-state index contributed by atoms with van der Waals surface area (Å²) in [6.45, 7) is 0. The second-order valence-corrected chi connectivity index (χ2v) is 6.44. The number of tetrazole rings is 1. The lowest BCUT2D eigenvalue weighted by Crippen LogP contribution is -2.08. The van der Waals surface area contributed by atoms with Crippen LogP contribution < -0.4 is 0 Å². The fourth-order valence-corrected chi connectivity index (χ4v) is 3.58. The van der Waals surface area contributed by atoms with E-state index in [1.807, 2.05) is 35.0 Å². The van der Waals surface area contributed by atoms with E-state index in [0.29, 0.717) is 23.6 Å². The van der Waals surface area contributed by atoms with Gasteiger partial charge in [-0.1, -0.05) is 42.8 Å². The average Bonchev–Trinajstić information content (AvgIpc) is 3.33. The molecule has 2 heterocycles. The summed E-state index contributed by atoms with van der Waals surface area (Å²) in [7, 11) is 0. The van der Waals surface area contributed by atoms with Crippen molar-refractivity contribution in [2.45, 2.75) is 42.6 Å². The van der Waals surface area contributed by atoms with E-state index in [1.165, 1.54) is 24.6 Å². The molecule has 1 saturated carbocycles. The first-order chi connectivity index (χ1) is 11.4. The second-order valence-electron chi connectivity index (χ2n) is 5.50. The van der Waals surface area contributed by atoms with Crippen LogP contribution in [0.2, 0.25) is 0 Å². The van der Waals surface area contributed by atoms with E-state index < -0.39 is 0 Å². The molecule has 8 heteroatoms. The standard InChI is InChI=1S/C15H16N6OS/c1-2-6-11(7-3-1)14-17-16-13(22-14)10-23-15-18-19-20-21(15)12-8-4-5-9-12/h1-3,6-7,12H,4-5,8-10H2. The second kappa shape index (κ2) is 6.49. The maximum absolute atomic E-state index is 5.71. The number of benzene rings is 1. The van der Waals surface area contributed by atoms with E-state index in [-0.39, 0.29) is 0 Å². The average molecular weight is 328 g/mol. The van der Waals surface area contributed by atoms with Crippen molar-refractivity contribution in [1.29, 1.82) is 0 Å². The molecule has 0 N–H and O–H groups in total. The number of rotatable bonds is 5. The van der Waals surface area contributed by atoms with Crippen LogP contribution in [0.25, 0.3) is 11.5 Å². The van der Waals surface area contributed by atoms with Gasteiger partial charge < -0.3 is 4.42 Å². The Morgan fingerprint density at radius 2 is 1.91 bits per heavy atom. The number of nitrogens with zero attached hydrogens (tertiary/aromatic N) is 6. The number of hydrogen-bond donors (Lipinski definition) is 0. The minimum atomic E-state index is 0.426. The van der Waals surface area contributed by atoms with Crippen LogP contribution in [0.5, 0.6) is 0 Å². The predicted octanol–water partition coefficient (Wildman–Crippen LogP) is 3.13. The number of thioether (sulfide) groups is 1. The quantitative estimate of drug-likeness (QED) is 0.665. The van der Waals surface area contributed by atoms with Gasteiger partial charge in [0.05, 0.1) is 11.8 Å². The highest BCUT2D eigenvalue weighted by Crippen LogP contribution is 2.32. The van der Waals surface area contributed by atoms with Crippen LogP contribution in [0.4, 0.5) is 0 Å². The lowest BCUT2D eigenvalue weighted by Gasteiger charge is -2.09. The molecule has 1 aliphatic carbocycles. The van der Waals surface area contributed by atoms with Gasteiger partial charge in [-0.05, 0) is 35.4 Å². The van der Waals surface area contributed by atoms with E-state index in [9.17, 15) is 0 Å². The fraction of sp³-hybridized carbons (Fsp3) is 0.400. The Labute approximate surface area is 137 Å². The Kier molecular flexibility index (Phi) is 4.06. The summed E-state index contributed by atoms with van der Waals surface area (Å²) in [6.07, 6.45) is 4.80. The topological polar surface area (TPSA) is 82.5 Å². The third-order valence-electron chi connectivity index (χ3n) is 3.95. The van der Waals surface area contributed by atoms with Crippen molar-refractivity contribution in [2.75, 3.05) is 0 Å². The predicted molar refractivity (Wildman–Crippen MR) is 84.6 cm³/mol. The molecule has 1 aromatic carbocycles. The van der Waals surface area contributed by atoms with Crippen LogP contribution in [0.1, 0.15) is 37.6 Å². The molecular weight excluding hydrogens is 312 g/mol. The Bertz CT molecular complexity index is 765. The maximum Gasteiger partial charge on any atom is 0.247 e. The number of hydrogen-bond acceptors (Lipinski definition) is 7. The molecule has 0 bridgehead atoms. The Hall–Kier alpha value is -2.22.